The zero-order valence-electron chi connectivity index (χ0n) is 26.5. The quantitative estimate of drug-likeness (QED) is 0.366. The maximum Gasteiger partial charge on any atom is 0.137 e. The van der Waals surface area contributed by atoms with E-state index < -0.39 is 5.41 Å². The Labute approximate surface area is 252 Å². The number of benzene rings is 1. The molecule has 0 bridgehead atoms. The molecular formula is C37H51NO2S. The van der Waals surface area contributed by atoms with E-state index in [0.717, 1.165) is 31.4 Å². The van der Waals surface area contributed by atoms with Crippen LogP contribution < -0.4 is 0 Å². The van der Waals surface area contributed by atoms with Gasteiger partial charge in [-0.05, 0) is 108 Å². The van der Waals surface area contributed by atoms with E-state index in [9.17, 15) is 15.2 Å². The minimum atomic E-state index is -0.441. The number of ketones is 1. The lowest BCUT2D eigenvalue weighted by atomic mass is 9.31. The van der Waals surface area contributed by atoms with Crippen LogP contribution in [0.4, 0.5) is 0 Å². The highest BCUT2D eigenvalue weighted by atomic mass is 32.2. The summed E-state index contributed by atoms with van der Waals surface area (Å²) in [7, 11) is 0. The summed E-state index contributed by atoms with van der Waals surface area (Å²) in [6.07, 6.45) is 9.37. The predicted molar refractivity (Wildman–Crippen MR) is 167 cm³/mol. The molecule has 1 aromatic carbocycles. The first-order valence-corrected chi connectivity index (χ1v) is 17.2. The molecule has 0 aromatic heterocycles. The van der Waals surface area contributed by atoms with E-state index in [1.165, 1.54) is 24.2 Å². The van der Waals surface area contributed by atoms with Crippen LogP contribution in [0.15, 0.2) is 46.6 Å². The maximum atomic E-state index is 14.8. The van der Waals surface area contributed by atoms with Gasteiger partial charge in [-0.3, -0.25) is 4.79 Å². The molecule has 41 heavy (non-hydrogen) atoms. The van der Waals surface area contributed by atoms with Gasteiger partial charge in [0, 0.05) is 28.4 Å². The van der Waals surface area contributed by atoms with Crippen molar-refractivity contribution >= 4 is 17.5 Å². The number of fused-ring (bicyclic) bond motifs is 7. The Hall–Kier alpha value is -1.73. The summed E-state index contributed by atoms with van der Waals surface area (Å²) < 4.78 is 0. The number of aliphatic hydroxyl groups excluding tert-OH is 1. The van der Waals surface area contributed by atoms with Crippen LogP contribution >= 0.6 is 11.8 Å². The number of hydrogen-bond donors (Lipinski definition) is 1. The number of nitriles is 1. The first kappa shape index (κ1) is 29.3. The normalized spacial score (nSPS) is 44.6. The molecule has 0 radical (unpaired) electrons. The SMILES string of the molecule is CC1(C)CC[C@]2(CSc3ccccc3)CC[C@]3(C)[C@H](C(=O)C[C@@H]4[C@@]5(C)CC(C#N)=C(O)C(C)(C)[C@@H]5CC[C@]43C)[C@@H]2C1. The third-order valence-electron chi connectivity index (χ3n) is 14.2. The molecule has 0 saturated heterocycles. The van der Waals surface area contributed by atoms with Gasteiger partial charge in [-0.1, -0.05) is 66.7 Å². The van der Waals surface area contributed by atoms with Gasteiger partial charge >= 0.3 is 0 Å². The topological polar surface area (TPSA) is 61.1 Å². The molecule has 8 atom stereocenters. The van der Waals surface area contributed by atoms with E-state index in [0.29, 0.717) is 35.9 Å². The van der Waals surface area contributed by atoms with Gasteiger partial charge < -0.3 is 5.11 Å². The molecule has 6 rings (SSSR count). The first-order valence-electron chi connectivity index (χ1n) is 16.2. The average molecular weight is 574 g/mol. The Morgan fingerprint density at radius 3 is 2.29 bits per heavy atom. The molecule has 4 fully saturated rings. The average Bonchev–Trinajstić information content (AvgIpc) is 2.92. The fraction of sp³-hybridized carbons (Fsp3) is 0.730. The second-order valence-corrected chi connectivity index (χ2v) is 18.0. The lowest BCUT2D eigenvalue weighted by Crippen LogP contribution is -2.68. The lowest BCUT2D eigenvalue weighted by molar-refractivity contribution is -0.228. The van der Waals surface area contributed by atoms with E-state index in [1.807, 2.05) is 11.8 Å². The van der Waals surface area contributed by atoms with Crippen LogP contribution in [-0.4, -0.2) is 16.6 Å². The number of carbonyl (C=O) groups excluding carboxylic acids is 1. The fourth-order valence-electron chi connectivity index (χ4n) is 11.7. The highest BCUT2D eigenvalue weighted by Gasteiger charge is 2.72. The number of Topliss-reactive ketones (excluding diaryl/α,β-unsaturated/α-hetero) is 1. The van der Waals surface area contributed by atoms with Crippen LogP contribution in [0, 0.1) is 67.5 Å². The number of carbonyl (C=O) groups is 1. The van der Waals surface area contributed by atoms with Crippen LogP contribution in [0.5, 0.6) is 0 Å². The molecule has 0 aliphatic heterocycles. The Balaban J connectivity index is 1.40. The van der Waals surface area contributed by atoms with Gasteiger partial charge in [0.15, 0.2) is 0 Å². The van der Waals surface area contributed by atoms with Crippen molar-refractivity contribution in [3.63, 3.8) is 0 Å². The van der Waals surface area contributed by atoms with Crippen molar-refractivity contribution in [2.75, 3.05) is 5.75 Å². The summed E-state index contributed by atoms with van der Waals surface area (Å²) >= 11 is 2.01. The number of hydrogen-bond acceptors (Lipinski definition) is 4. The third kappa shape index (κ3) is 4.07. The molecule has 1 aromatic rings. The Bertz CT molecular complexity index is 1310. The summed E-state index contributed by atoms with van der Waals surface area (Å²) in [5.41, 5.74) is 0.428. The summed E-state index contributed by atoms with van der Waals surface area (Å²) in [6.45, 7) is 16.5. The van der Waals surface area contributed by atoms with Crippen molar-refractivity contribution in [2.45, 2.75) is 111 Å². The van der Waals surface area contributed by atoms with E-state index in [1.54, 1.807) is 0 Å². The van der Waals surface area contributed by atoms with E-state index in [2.05, 4.69) is 84.9 Å². The van der Waals surface area contributed by atoms with Gasteiger partial charge in [0.2, 0.25) is 0 Å². The van der Waals surface area contributed by atoms with Crippen LogP contribution in [0.3, 0.4) is 0 Å². The fourth-order valence-corrected chi connectivity index (χ4v) is 13.0. The molecule has 0 amide bonds. The van der Waals surface area contributed by atoms with Gasteiger partial charge in [-0.25, -0.2) is 0 Å². The molecule has 0 spiro atoms. The van der Waals surface area contributed by atoms with Gasteiger partial charge in [-0.2, -0.15) is 5.26 Å². The summed E-state index contributed by atoms with van der Waals surface area (Å²) in [5.74, 6) is 2.96. The van der Waals surface area contributed by atoms with Crippen LogP contribution in [-0.2, 0) is 4.79 Å². The number of thioether (sulfide) groups is 1. The first-order chi connectivity index (χ1) is 19.1. The molecule has 4 heteroatoms. The highest BCUT2D eigenvalue weighted by molar-refractivity contribution is 7.99. The van der Waals surface area contributed by atoms with Crippen molar-refractivity contribution in [3.8, 4) is 6.07 Å². The second kappa shape index (κ2) is 9.38. The minimum Gasteiger partial charge on any atom is -0.511 e. The predicted octanol–water partition coefficient (Wildman–Crippen LogP) is 9.78. The van der Waals surface area contributed by atoms with Gasteiger partial charge in [0.25, 0.3) is 0 Å². The van der Waals surface area contributed by atoms with Crippen molar-refractivity contribution in [3.05, 3.63) is 41.7 Å². The van der Waals surface area contributed by atoms with Crippen molar-refractivity contribution in [2.24, 2.45) is 56.2 Å². The Kier molecular flexibility index (Phi) is 6.72. The van der Waals surface area contributed by atoms with Crippen molar-refractivity contribution in [1.82, 2.24) is 0 Å². The van der Waals surface area contributed by atoms with Crippen LogP contribution in [0.25, 0.3) is 0 Å². The largest absolute Gasteiger partial charge is 0.511 e. The van der Waals surface area contributed by atoms with Gasteiger partial charge in [0.05, 0.1) is 11.6 Å². The summed E-state index contributed by atoms with van der Waals surface area (Å²) in [6, 6.07) is 13.2. The maximum absolute atomic E-state index is 14.8. The molecule has 0 unspecified atom stereocenters. The molecule has 3 nitrogen and oxygen atoms in total. The van der Waals surface area contributed by atoms with E-state index >= 15 is 0 Å². The number of rotatable bonds is 3. The van der Waals surface area contributed by atoms with Crippen molar-refractivity contribution in [1.29, 1.82) is 5.26 Å². The zero-order valence-corrected chi connectivity index (χ0v) is 27.3. The molecule has 5 aliphatic rings. The molecule has 1 N–H and O–H groups in total. The molecule has 5 aliphatic carbocycles. The molecule has 4 saturated carbocycles. The monoisotopic (exact) mass is 573 g/mol. The standard InChI is InChI=1S/C37H51NO2S/c1-32(2)15-17-37(23-41-25-11-9-8-10-12-25)18-16-36(7)30(26(37)21-32)27(39)19-29-34(5)20-24(22-38)31(40)33(3,4)28(34)13-14-35(29,36)6/h8-12,26,28-30,40H,13-21,23H2,1-7H3/t26-,28-,29+,30-,34-,35+,36+,37+/m0/s1. The van der Waals surface area contributed by atoms with Crippen LogP contribution in [0.1, 0.15) is 106 Å². The highest BCUT2D eigenvalue weighted by Crippen LogP contribution is 2.76. The van der Waals surface area contributed by atoms with Crippen LogP contribution in [0.2, 0.25) is 0 Å². The number of aliphatic hydroxyl groups is 1. The van der Waals surface area contributed by atoms with Crippen molar-refractivity contribution < 1.29 is 9.90 Å². The van der Waals surface area contributed by atoms with E-state index in [-0.39, 0.29) is 44.8 Å². The number of allylic oxidation sites excluding steroid dienone is 2. The molecule has 0 heterocycles. The molecular weight excluding hydrogens is 522 g/mol. The van der Waals surface area contributed by atoms with Gasteiger partial charge in [-0.15, -0.1) is 11.8 Å². The molecule has 222 valence electrons. The van der Waals surface area contributed by atoms with E-state index in [4.69, 9.17) is 0 Å². The Morgan fingerprint density at radius 2 is 1.61 bits per heavy atom. The van der Waals surface area contributed by atoms with Gasteiger partial charge in [0.1, 0.15) is 11.5 Å². The summed E-state index contributed by atoms with van der Waals surface area (Å²) in [5, 5.41) is 21.2. The summed E-state index contributed by atoms with van der Waals surface area (Å²) in [4.78, 5) is 16.1. The number of nitrogens with zero attached hydrogens (tertiary/aromatic N) is 1. The Morgan fingerprint density at radius 1 is 0.927 bits per heavy atom. The zero-order chi connectivity index (χ0) is 29.6. The smallest absolute Gasteiger partial charge is 0.137 e. The third-order valence-corrected chi connectivity index (χ3v) is 15.5. The lowest BCUT2D eigenvalue weighted by Gasteiger charge is -2.72. The second-order valence-electron chi connectivity index (χ2n) is 16.9. The minimum absolute atomic E-state index is 0.0415.